The molecule has 0 aliphatic carbocycles. The lowest BCUT2D eigenvalue weighted by Crippen LogP contribution is -2.33. The molecule has 0 unspecified atom stereocenters. The number of nitrogens with zero attached hydrogens (tertiary/aromatic N) is 1. The van der Waals surface area contributed by atoms with Crippen molar-refractivity contribution in [1.29, 1.82) is 0 Å². The van der Waals surface area contributed by atoms with Crippen LogP contribution in [-0.2, 0) is 56.9 Å². The van der Waals surface area contributed by atoms with Gasteiger partial charge in [-0.3, -0.25) is 18.7 Å². The van der Waals surface area contributed by atoms with Crippen LogP contribution in [0.2, 0.25) is 0 Å². The highest BCUT2D eigenvalue weighted by Gasteiger charge is 2.34. The van der Waals surface area contributed by atoms with Crippen LogP contribution in [0.25, 0.3) is 0 Å². The molecule has 0 fully saturated rings. The van der Waals surface area contributed by atoms with Crippen LogP contribution in [0.5, 0.6) is 0 Å². The van der Waals surface area contributed by atoms with E-state index in [-0.39, 0.29) is 43.1 Å². The van der Waals surface area contributed by atoms with Crippen molar-refractivity contribution in [3.05, 3.63) is 65.2 Å². The molecule has 1 aliphatic rings. The molecule has 2 amide bonds. The molecule has 51 heavy (non-hydrogen) atoms. The van der Waals surface area contributed by atoms with E-state index in [0.717, 1.165) is 5.56 Å². The number of aryl methyl sites for hydroxylation is 1. The summed E-state index contributed by atoms with van der Waals surface area (Å²) in [5, 5.41) is 0. The third-order valence-corrected chi connectivity index (χ3v) is 8.42. The first-order valence-corrected chi connectivity index (χ1v) is 18.4. The van der Waals surface area contributed by atoms with Crippen molar-refractivity contribution in [2.75, 3.05) is 132 Å². The van der Waals surface area contributed by atoms with Crippen LogP contribution in [0.15, 0.2) is 53.4 Å². The monoisotopic (exact) mass is 741 g/mol. The summed E-state index contributed by atoms with van der Waals surface area (Å²) in [6.07, 6.45) is 0. The Bertz CT molecular complexity index is 1320. The van der Waals surface area contributed by atoms with E-state index in [4.69, 9.17) is 46.8 Å². The van der Waals surface area contributed by atoms with Gasteiger partial charge < -0.3 is 42.6 Å². The summed E-state index contributed by atoms with van der Waals surface area (Å²) in [5.41, 5.74) is 1.84. The SMILES string of the molecule is Cc1ccc(S(=O)(=O)OCCOCCOCCOCCOCCOCCOCCOCCOCCOCCN2C(=O)c3ccccc3C2=O)cc1. The summed E-state index contributed by atoms with van der Waals surface area (Å²) in [6.45, 7) is 9.11. The van der Waals surface area contributed by atoms with Crippen molar-refractivity contribution in [1.82, 2.24) is 4.90 Å². The summed E-state index contributed by atoms with van der Waals surface area (Å²) in [6, 6.07) is 13.3. The minimum Gasteiger partial charge on any atom is -0.377 e. The Kier molecular flexibility index (Phi) is 21.7. The van der Waals surface area contributed by atoms with Crippen LogP contribution < -0.4 is 0 Å². The van der Waals surface area contributed by atoms with E-state index in [1.807, 2.05) is 6.92 Å². The maximum absolute atomic E-state index is 12.3. The Morgan fingerprint density at radius 2 is 0.765 bits per heavy atom. The molecule has 0 spiro atoms. The number of imide groups is 1. The molecule has 1 heterocycles. The first kappa shape index (κ1) is 42.5. The number of amides is 2. The quantitative estimate of drug-likeness (QED) is 0.0609. The predicted molar refractivity (Wildman–Crippen MR) is 183 cm³/mol. The zero-order chi connectivity index (χ0) is 36.4. The number of hydrogen-bond acceptors (Lipinski definition) is 14. The highest BCUT2D eigenvalue weighted by atomic mass is 32.2. The topological polar surface area (TPSA) is 164 Å². The third kappa shape index (κ3) is 17.5. The van der Waals surface area contributed by atoms with Crippen molar-refractivity contribution < 1.29 is 64.8 Å². The molecule has 286 valence electrons. The summed E-state index contributed by atoms with van der Waals surface area (Å²) < 4.78 is 78.1. The summed E-state index contributed by atoms with van der Waals surface area (Å²) >= 11 is 0. The number of ether oxygens (including phenoxy) is 9. The lowest BCUT2D eigenvalue weighted by molar-refractivity contribution is -0.0255. The van der Waals surface area contributed by atoms with Gasteiger partial charge in [-0.25, -0.2) is 0 Å². The van der Waals surface area contributed by atoms with Gasteiger partial charge in [0.1, 0.15) is 0 Å². The molecule has 0 atom stereocenters. The first-order chi connectivity index (χ1) is 24.9. The van der Waals surface area contributed by atoms with Crippen LogP contribution in [0, 0.1) is 6.92 Å². The van der Waals surface area contributed by atoms with Gasteiger partial charge in [-0.05, 0) is 31.2 Å². The second kappa shape index (κ2) is 26.0. The van der Waals surface area contributed by atoms with E-state index in [2.05, 4.69) is 0 Å². The number of hydrogen-bond donors (Lipinski definition) is 0. The fourth-order valence-electron chi connectivity index (χ4n) is 4.44. The number of rotatable bonds is 32. The van der Waals surface area contributed by atoms with Crippen LogP contribution in [0.1, 0.15) is 26.3 Å². The zero-order valence-electron chi connectivity index (χ0n) is 29.3. The van der Waals surface area contributed by atoms with E-state index in [1.165, 1.54) is 17.0 Å². The molecule has 0 saturated heterocycles. The molecule has 0 N–H and O–H groups in total. The zero-order valence-corrected chi connectivity index (χ0v) is 30.1. The molecule has 15 nitrogen and oxygen atoms in total. The average Bonchev–Trinajstić information content (AvgIpc) is 3.37. The molecular weight excluding hydrogens is 690 g/mol. The van der Waals surface area contributed by atoms with Crippen LogP contribution in [0.4, 0.5) is 0 Å². The second-order valence-electron chi connectivity index (χ2n) is 10.9. The Morgan fingerprint density at radius 1 is 0.451 bits per heavy atom. The van der Waals surface area contributed by atoms with Crippen molar-refractivity contribution in [3.63, 3.8) is 0 Å². The van der Waals surface area contributed by atoms with E-state index in [0.29, 0.717) is 117 Å². The Morgan fingerprint density at radius 3 is 1.12 bits per heavy atom. The molecule has 0 saturated carbocycles. The maximum Gasteiger partial charge on any atom is 0.297 e. The number of fused-ring (bicyclic) bond motifs is 1. The van der Waals surface area contributed by atoms with Crippen molar-refractivity contribution in [2.24, 2.45) is 0 Å². The van der Waals surface area contributed by atoms with Gasteiger partial charge in [0, 0.05) is 0 Å². The Hall–Kier alpha value is -2.87. The van der Waals surface area contributed by atoms with Crippen molar-refractivity contribution in [2.45, 2.75) is 11.8 Å². The van der Waals surface area contributed by atoms with Gasteiger partial charge in [-0.2, -0.15) is 8.42 Å². The van der Waals surface area contributed by atoms with E-state index in [9.17, 15) is 18.0 Å². The maximum atomic E-state index is 12.3. The van der Waals surface area contributed by atoms with Crippen LogP contribution in [0.3, 0.4) is 0 Å². The summed E-state index contributed by atoms with van der Waals surface area (Å²) in [5.74, 6) is -0.571. The van der Waals surface area contributed by atoms with Gasteiger partial charge >= 0.3 is 0 Å². The minimum atomic E-state index is -3.78. The minimum absolute atomic E-state index is 0.0680. The number of carbonyl (C=O) groups is 2. The smallest absolute Gasteiger partial charge is 0.297 e. The third-order valence-electron chi connectivity index (χ3n) is 7.09. The Balaban J connectivity index is 0.947. The summed E-state index contributed by atoms with van der Waals surface area (Å²) in [7, 11) is -3.78. The largest absolute Gasteiger partial charge is 0.377 e. The first-order valence-electron chi connectivity index (χ1n) is 17.0. The second-order valence-corrected chi connectivity index (χ2v) is 12.5. The molecule has 2 aromatic carbocycles. The van der Waals surface area contributed by atoms with Gasteiger partial charge in [0.25, 0.3) is 21.9 Å². The highest BCUT2D eigenvalue weighted by molar-refractivity contribution is 7.86. The fraction of sp³-hybridized carbons (Fsp3) is 0.600. The molecule has 1 aliphatic heterocycles. The lowest BCUT2D eigenvalue weighted by Gasteiger charge is -2.13. The Labute approximate surface area is 300 Å². The highest BCUT2D eigenvalue weighted by Crippen LogP contribution is 2.21. The van der Waals surface area contributed by atoms with Gasteiger partial charge in [0.2, 0.25) is 0 Å². The standard InChI is InChI=1S/C35H51NO14S/c1-30-6-8-31(9-7-30)51(39,40)50-29-28-49-27-26-48-25-24-47-23-22-46-21-20-45-19-18-44-17-16-43-15-14-42-13-12-41-11-10-36-34(37)32-4-2-3-5-33(32)35(36)38/h2-9H,10-29H2,1H3. The fourth-order valence-corrected chi connectivity index (χ4v) is 5.33. The van der Waals surface area contributed by atoms with Gasteiger partial charge in [0.05, 0.1) is 148 Å². The van der Waals surface area contributed by atoms with Crippen LogP contribution >= 0.6 is 0 Å². The summed E-state index contributed by atoms with van der Waals surface area (Å²) in [4.78, 5) is 25.9. The molecule has 0 aromatic heterocycles. The molecule has 0 bridgehead atoms. The van der Waals surface area contributed by atoms with E-state index < -0.39 is 10.1 Å². The number of benzene rings is 2. The van der Waals surface area contributed by atoms with Crippen molar-refractivity contribution in [3.8, 4) is 0 Å². The van der Waals surface area contributed by atoms with Gasteiger partial charge in [0.15, 0.2) is 0 Å². The molecule has 2 aromatic rings. The molecule has 0 radical (unpaired) electrons. The van der Waals surface area contributed by atoms with E-state index in [1.54, 1.807) is 36.4 Å². The number of carbonyl (C=O) groups excluding carboxylic acids is 2. The lowest BCUT2D eigenvalue weighted by atomic mass is 10.1. The van der Waals surface area contributed by atoms with E-state index >= 15 is 0 Å². The molecule has 16 heteroatoms. The molecule has 3 rings (SSSR count). The van der Waals surface area contributed by atoms with Crippen LogP contribution in [-0.4, -0.2) is 157 Å². The average molecular weight is 742 g/mol. The predicted octanol–water partition coefficient (Wildman–Crippen LogP) is 2.15. The normalized spacial score (nSPS) is 13.0. The van der Waals surface area contributed by atoms with Gasteiger partial charge in [-0.15, -0.1) is 0 Å². The van der Waals surface area contributed by atoms with Gasteiger partial charge in [-0.1, -0.05) is 29.8 Å². The molecular formula is C35H51NO14S. The van der Waals surface area contributed by atoms with Crippen molar-refractivity contribution >= 4 is 21.9 Å².